The van der Waals surface area contributed by atoms with E-state index in [1.807, 2.05) is 95.4 Å². The minimum Gasteiger partial charge on any atom is -0.338 e. The molecule has 0 saturated carbocycles. The van der Waals surface area contributed by atoms with Crippen molar-refractivity contribution in [2.45, 2.75) is 25.9 Å². The molecule has 0 spiro atoms. The molecule has 0 fully saturated rings. The number of urea groups is 1. The van der Waals surface area contributed by atoms with Crippen molar-refractivity contribution in [3.63, 3.8) is 0 Å². The number of nitrogens with zero attached hydrogens (tertiary/aromatic N) is 4. The van der Waals surface area contributed by atoms with Gasteiger partial charge in [0.2, 0.25) is 0 Å². The molecule has 6 rings (SSSR count). The van der Waals surface area contributed by atoms with Crippen LogP contribution in [-0.2, 0) is 13.0 Å². The first-order valence-electron chi connectivity index (χ1n) is 12.8. The van der Waals surface area contributed by atoms with Gasteiger partial charge in [-0.15, -0.1) is 0 Å². The predicted molar refractivity (Wildman–Crippen MR) is 150 cm³/mol. The highest BCUT2D eigenvalue weighted by molar-refractivity contribution is 6.30. The van der Waals surface area contributed by atoms with Crippen molar-refractivity contribution in [2.24, 2.45) is 0 Å². The van der Waals surface area contributed by atoms with E-state index in [4.69, 9.17) is 16.7 Å². The van der Waals surface area contributed by atoms with Gasteiger partial charge in [-0.05, 0) is 60.9 Å². The number of rotatable bonds is 5. The second-order valence-electron chi connectivity index (χ2n) is 9.49. The molecule has 0 unspecified atom stereocenters. The van der Waals surface area contributed by atoms with Crippen LogP contribution in [0.15, 0.2) is 103 Å². The third kappa shape index (κ3) is 4.48. The second kappa shape index (κ2) is 10.2. The zero-order valence-electron chi connectivity index (χ0n) is 21.1. The molecule has 3 aromatic carbocycles. The summed E-state index contributed by atoms with van der Waals surface area (Å²) in [7, 11) is 0. The van der Waals surface area contributed by atoms with Crippen molar-refractivity contribution < 1.29 is 4.79 Å². The molecular formula is C31H28ClN5O. The SMILES string of the molecule is Cc1nn(-c2ccccc2)c2c1CN(C(=O)NCCc1ccccc1)[C@H](c1ccc(Cl)cc1)c1cccn1-2. The summed E-state index contributed by atoms with van der Waals surface area (Å²) in [4.78, 5) is 15.8. The zero-order valence-corrected chi connectivity index (χ0v) is 21.8. The average Bonchev–Trinajstić information content (AvgIpc) is 3.51. The van der Waals surface area contributed by atoms with Crippen LogP contribution in [0.1, 0.15) is 34.1 Å². The summed E-state index contributed by atoms with van der Waals surface area (Å²) in [6, 6.07) is 31.7. The largest absolute Gasteiger partial charge is 0.338 e. The Hall–Kier alpha value is -4.29. The third-order valence-corrected chi connectivity index (χ3v) is 7.32. The molecule has 2 amide bonds. The quantitative estimate of drug-likeness (QED) is 0.288. The van der Waals surface area contributed by atoms with Crippen LogP contribution in [0, 0.1) is 6.92 Å². The van der Waals surface area contributed by atoms with Gasteiger partial charge in [-0.1, -0.05) is 72.3 Å². The molecule has 0 bridgehead atoms. The number of fused-ring (bicyclic) bond motifs is 3. The highest BCUT2D eigenvalue weighted by atomic mass is 35.5. The molecule has 1 atom stereocenters. The van der Waals surface area contributed by atoms with Gasteiger partial charge in [-0.25, -0.2) is 9.48 Å². The van der Waals surface area contributed by atoms with Gasteiger partial charge in [0.05, 0.1) is 29.7 Å². The van der Waals surface area contributed by atoms with E-state index in [2.05, 4.69) is 34.3 Å². The number of nitrogens with one attached hydrogen (secondary N) is 1. The van der Waals surface area contributed by atoms with Gasteiger partial charge in [0.25, 0.3) is 0 Å². The minimum atomic E-state index is -0.310. The summed E-state index contributed by atoms with van der Waals surface area (Å²) in [5.74, 6) is 0.951. The normalized spacial score (nSPS) is 14.5. The average molecular weight is 522 g/mol. The number of aromatic nitrogens is 3. The molecule has 2 aromatic heterocycles. The highest BCUT2D eigenvalue weighted by Crippen LogP contribution is 2.38. The molecule has 0 aliphatic carbocycles. The van der Waals surface area contributed by atoms with Gasteiger partial charge in [0, 0.05) is 23.3 Å². The van der Waals surface area contributed by atoms with Crippen molar-refractivity contribution >= 4 is 17.6 Å². The molecule has 0 saturated heterocycles. The number of hydrogen-bond acceptors (Lipinski definition) is 2. The first kappa shape index (κ1) is 24.1. The number of halogens is 1. The van der Waals surface area contributed by atoms with E-state index in [-0.39, 0.29) is 12.1 Å². The molecule has 3 heterocycles. The van der Waals surface area contributed by atoms with E-state index in [1.165, 1.54) is 5.56 Å². The molecule has 1 aliphatic rings. The number of benzene rings is 3. The number of carbonyl (C=O) groups excluding carboxylic acids is 1. The molecular weight excluding hydrogens is 494 g/mol. The van der Waals surface area contributed by atoms with E-state index in [1.54, 1.807) is 0 Å². The Morgan fingerprint density at radius 3 is 2.39 bits per heavy atom. The van der Waals surface area contributed by atoms with Gasteiger partial charge in [0.15, 0.2) is 0 Å². The molecule has 5 aromatic rings. The van der Waals surface area contributed by atoms with Crippen molar-refractivity contribution in [3.05, 3.63) is 136 Å². The van der Waals surface area contributed by atoms with E-state index in [0.29, 0.717) is 18.1 Å². The number of hydrogen-bond donors (Lipinski definition) is 1. The van der Waals surface area contributed by atoms with Gasteiger partial charge in [0.1, 0.15) is 5.82 Å². The molecule has 6 nitrogen and oxygen atoms in total. The molecule has 1 N–H and O–H groups in total. The lowest BCUT2D eigenvalue weighted by Crippen LogP contribution is -2.42. The van der Waals surface area contributed by atoms with Crippen molar-refractivity contribution in [3.8, 4) is 11.5 Å². The van der Waals surface area contributed by atoms with E-state index < -0.39 is 0 Å². The first-order valence-corrected chi connectivity index (χ1v) is 13.1. The maximum Gasteiger partial charge on any atom is 0.318 e. The molecule has 0 radical (unpaired) electrons. The monoisotopic (exact) mass is 521 g/mol. The number of amides is 2. The fourth-order valence-corrected chi connectivity index (χ4v) is 5.33. The fraction of sp³-hybridized carbons (Fsp3) is 0.161. The first-order chi connectivity index (χ1) is 18.6. The van der Waals surface area contributed by atoms with Gasteiger partial charge in [-0.2, -0.15) is 5.10 Å². The summed E-state index contributed by atoms with van der Waals surface area (Å²) < 4.78 is 4.14. The van der Waals surface area contributed by atoms with Crippen molar-refractivity contribution in [1.82, 2.24) is 24.6 Å². The van der Waals surface area contributed by atoms with E-state index in [0.717, 1.165) is 40.4 Å². The molecule has 1 aliphatic heterocycles. The van der Waals surface area contributed by atoms with Crippen LogP contribution in [0.5, 0.6) is 0 Å². The Bertz CT molecular complexity index is 1560. The van der Waals surface area contributed by atoms with Crippen LogP contribution in [0.3, 0.4) is 0 Å². The van der Waals surface area contributed by atoms with Crippen LogP contribution >= 0.6 is 11.6 Å². The van der Waals surface area contributed by atoms with Gasteiger partial charge < -0.3 is 14.8 Å². The minimum absolute atomic E-state index is 0.117. The number of para-hydroxylation sites is 1. The highest BCUT2D eigenvalue weighted by Gasteiger charge is 2.35. The summed E-state index contributed by atoms with van der Waals surface area (Å²) >= 11 is 6.24. The Morgan fingerprint density at radius 2 is 1.66 bits per heavy atom. The lowest BCUT2D eigenvalue weighted by Gasteiger charge is -2.31. The summed E-state index contributed by atoms with van der Waals surface area (Å²) in [5, 5.41) is 8.75. The molecule has 7 heteroatoms. The number of carbonyl (C=O) groups is 1. The number of aryl methyl sites for hydroxylation is 1. The Kier molecular flexibility index (Phi) is 6.48. The van der Waals surface area contributed by atoms with Gasteiger partial charge in [-0.3, -0.25) is 0 Å². The van der Waals surface area contributed by atoms with Crippen molar-refractivity contribution in [2.75, 3.05) is 6.54 Å². The van der Waals surface area contributed by atoms with Gasteiger partial charge >= 0.3 is 6.03 Å². The smallest absolute Gasteiger partial charge is 0.318 e. The Labute approximate surface area is 227 Å². The van der Waals surface area contributed by atoms with Crippen LogP contribution in [0.4, 0.5) is 4.79 Å². The summed E-state index contributed by atoms with van der Waals surface area (Å²) in [5.41, 5.74) is 6.05. The van der Waals surface area contributed by atoms with E-state index in [9.17, 15) is 4.79 Å². The lowest BCUT2D eigenvalue weighted by molar-refractivity contribution is 0.180. The summed E-state index contributed by atoms with van der Waals surface area (Å²) in [6.07, 6.45) is 2.81. The van der Waals surface area contributed by atoms with Crippen LogP contribution in [0.25, 0.3) is 11.5 Å². The maximum absolute atomic E-state index is 13.9. The fourth-order valence-electron chi connectivity index (χ4n) is 5.21. The standard InChI is InChI=1S/C31H28ClN5O/c1-22-27-21-36(31(38)33-19-18-23-9-4-2-5-10-23)29(24-14-16-25(32)17-15-24)28-13-8-20-35(28)30(27)37(34-22)26-11-6-3-7-12-26/h2-17,20,29H,18-19,21H2,1H3,(H,33,38)/t29-/m1/s1. The van der Waals surface area contributed by atoms with Crippen LogP contribution in [0.2, 0.25) is 5.02 Å². The van der Waals surface area contributed by atoms with Crippen LogP contribution in [-0.4, -0.2) is 31.8 Å². The predicted octanol–water partition coefficient (Wildman–Crippen LogP) is 6.48. The zero-order chi connectivity index (χ0) is 26.1. The Balaban J connectivity index is 1.43. The molecule has 190 valence electrons. The second-order valence-corrected chi connectivity index (χ2v) is 9.92. The maximum atomic E-state index is 13.9. The van der Waals surface area contributed by atoms with Crippen LogP contribution < -0.4 is 5.32 Å². The topological polar surface area (TPSA) is 55.1 Å². The molecule has 38 heavy (non-hydrogen) atoms. The van der Waals surface area contributed by atoms with Crippen molar-refractivity contribution in [1.29, 1.82) is 0 Å². The summed E-state index contributed by atoms with van der Waals surface area (Å²) in [6.45, 7) is 2.97. The Morgan fingerprint density at radius 1 is 0.947 bits per heavy atom. The third-order valence-electron chi connectivity index (χ3n) is 7.07. The van der Waals surface area contributed by atoms with E-state index >= 15 is 0 Å². The lowest BCUT2D eigenvalue weighted by atomic mass is 10.0.